The minimum Gasteiger partial charge on any atom is -0.378 e. The normalized spacial score (nSPS) is 12.4. The molecule has 2 aromatic rings. The first-order chi connectivity index (χ1) is 8.22. The maximum absolute atomic E-state index is 5.86. The highest BCUT2D eigenvalue weighted by Gasteiger charge is 2.10. The molecule has 2 rings (SSSR count). The standard InChI is InChI=1S/C14H19N3/c1-16(2)13-7-5-12(6-8-13)14(11-15)17-9-3-4-10-17/h3-10,14H,11,15H2,1-2H3. The number of nitrogens with two attached hydrogens (primary N) is 1. The third-order valence-electron chi connectivity index (χ3n) is 3.00. The smallest absolute Gasteiger partial charge is 0.0702 e. The van der Waals surface area contributed by atoms with E-state index in [4.69, 9.17) is 5.73 Å². The Labute approximate surface area is 102 Å². The van der Waals surface area contributed by atoms with Gasteiger partial charge >= 0.3 is 0 Å². The molecule has 1 aromatic carbocycles. The summed E-state index contributed by atoms with van der Waals surface area (Å²) in [5.41, 5.74) is 8.31. The van der Waals surface area contributed by atoms with E-state index in [2.05, 4.69) is 46.1 Å². The van der Waals surface area contributed by atoms with Crippen LogP contribution in [0.5, 0.6) is 0 Å². The Hall–Kier alpha value is -1.74. The molecule has 0 amide bonds. The highest BCUT2D eigenvalue weighted by molar-refractivity contribution is 5.46. The Kier molecular flexibility index (Phi) is 3.49. The van der Waals surface area contributed by atoms with Crippen molar-refractivity contribution in [3.8, 4) is 0 Å². The SMILES string of the molecule is CN(C)c1ccc(C(CN)n2cccc2)cc1. The van der Waals surface area contributed by atoms with Crippen molar-refractivity contribution in [3.05, 3.63) is 54.4 Å². The van der Waals surface area contributed by atoms with Crippen molar-refractivity contribution in [2.24, 2.45) is 5.73 Å². The Bertz CT molecular complexity index is 443. The molecule has 0 bridgehead atoms. The number of anilines is 1. The van der Waals surface area contributed by atoms with Crippen molar-refractivity contribution in [2.75, 3.05) is 25.5 Å². The van der Waals surface area contributed by atoms with E-state index in [1.54, 1.807) is 0 Å². The first-order valence-electron chi connectivity index (χ1n) is 5.82. The minimum absolute atomic E-state index is 0.223. The van der Waals surface area contributed by atoms with Gasteiger partial charge in [0.15, 0.2) is 0 Å². The fraction of sp³-hybridized carbons (Fsp3) is 0.286. The van der Waals surface area contributed by atoms with Crippen LogP contribution >= 0.6 is 0 Å². The molecule has 0 aliphatic carbocycles. The van der Waals surface area contributed by atoms with Crippen LogP contribution in [0.1, 0.15) is 11.6 Å². The Balaban J connectivity index is 2.26. The zero-order valence-corrected chi connectivity index (χ0v) is 10.4. The first-order valence-corrected chi connectivity index (χ1v) is 5.82. The molecule has 17 heavy (non-hydrogen) atoms. The van der Waals surface area contributed by atoms with Crippen LogP contribution in [0.4, 0.5) is 5.69 Å². The van der Waals surface area contributed by atoms with Crippen molar-refractivity contribution in [3.63, 3.8) is 0 Å². The molecule has 0 saturated heterocycles. The molecule has 3 heteroatoms. The van der Waals surface area contributed by atoms with Crippen LogP contribution in [-0.4, -0.2) is 25.2 Å². The van der Waals surface area contributed by atoms with E-state index in [0.29, 0.717) is 6.54 Å². The molecule has 1 atom stereocenters. The summed E-state index contributed by atoms with van der Waals surface area (Å²) in [5.74, 6) is 0. The lowest BCUT2D eigenvalue weighted by atomic mass is 10.1. The molecule has 0 aliphatic heterocycles. The van der Waals surface area contributed by atoms with Gasteiger partial charge in [-0.05, 0) is 29.8 Å². The van der Waals surface area contributed by atoms with Crippen LogP contribution in [0.25, 0.3) is 0 Å². The van der Waals surface area contributed by atoms with Gasteiger partial charge in [0, 0.05) is 38.7 Å². The summed E-state index contributed by atoms with van der Waals surface area (Å²) < 4.78 is 2.14. The zero-order valence-electron chi connectivity index (χ0n) is 10.4. The van der Waals surface area contributed by atoms with Crippen LogP contribution in [0, 0.1) is 0 Å². The van der Waals surface area contributed by atoms with Crippen molar-refractivity contribution >= 4 is 5.69 Å². The number of benzene rings is 1. The van der Waals surface area contributed by atoms with Gasteiger partial charge in [-0.3, -0.25) is 0 Å². The molecule has 0 saturated carbocycles. The zero-order chi connectivity index (χ0) is 12.3. The summed E-state index contributed by atoms with van der Waals surface area (Å²) in [7, 11) is 4.09. The van der Waals surface area contributed by atoms with E-state index in [1.165, 1.54) is 11.3 Å². The molecule has 1 aromatic heterocycles. The van der Waals surface area contributed by atoms with Gasteiger partial charge in [-0.25, -0.2) is 0 Å². The number of aromatic nitrogens is 1. The van der Waals surface area contributed by atoms with Crippen molar-refractivity contribution < 1.29 is 0 Å². The number of nitrogens with zero attached hydrogens (tertiary/aromatic N) is 2. The average molecular weight is 229 g/mol. The molecule has 1 unspecified atom stereocenters. The molecule has 3 nitrogen and oxygen atoms in total. The maximum atomic E-state index is 5.86. The topological polar surface area (TPSA) is 34.2 Å². The second-order valence-electron chi connectivity index (χ2n) is 4.37. The Morgan fingerprint density at radius 2 is 1.71 bits per heavy atom. The van der Waals surface area contributed by atoms with E-state index in [0.717, 1.165) is 0 Å². The highest BCUT2D eigenvalue weighted by Crippen LogP contribution is 2.20. The summed E-state index contributed by atoms with van der Waals surface area (Å²) in [6.45, 7) is 0.607. The molecule has 0 spiro atoms. The van der Waals surface area contributed by atoms with E-state index >= 15 is 0 Å². The quantitative estimate of drug-likeness (QED) is 0.871. The predicted molar refractivity (Wildman–Crippen MR) is 72.4 cm³/mol. The molecular weight excluding hydrogens is 210 g/mol. The fourth-order valence-electron chi connectivity index (χ4n) is 1.98. The number of hydrogen-bond acceptors (Lipinski definition) is 2. The van der Waals surface area contributed by atoms with Gasteiger partial charge in [0.25, 0.3) is 0 Å². The third kappa shape index (κ3) is 2.50. The van der Waals surface area contributed by atoms with Crippen molar-refractivity contribution in [1.29, 1.82) is 0 Å². The van der Waals surface area contributed by atoms with Gasteiger partial charge in [-0.2, -0.15) is 0 Å². The summed E-state index contributed by atoms with van der Waals surface area (Å²) in [6, 6.07) is 12.8. The second-order valence-corrected chi connectivity index (χ2v) is 4.37. The van der Waals surface area contributed by atoms with Gasteiger partial charge in [-0.1, -0.05) is 12.1 Å². The van der Waals surface area contributed by atoms with Gasteiger partial charge < -0.3 is 15.2 Å². The van der Waals surface area contributed by atoms with E-state index < -0.39 is 0 Å². The van der Waals surface area contributed by atoms with Crippen LogP contribution < -0.4 is 10.6 Å². The maximum Gasteiger partial charge on any atom is 0.0702 e. The summed E-state index contributed by atoms with van der Waals surface area (Å²) >= 11 is 0. The fourth-order valence-corrected chi connectivity index (χ4v) is 1.98. The lowest BCUT2D eigenvalue weighted by Gasteiger charge is -2.19. The molecule has 0 aliphatic rings. The average Bonchev–Trinajstić information content (AvgIpc) is 2.84. The lowest BCUT2D eigenvalue weighted by molar-refractivity contribution is 0.598. The van der Waals surface area contributed by atoms with Crippen LogP contribution in [0.15, 0.2) is 48.8 Å². The van der Waals surface area contributed by atoms with Crippen molar-refractivity contribution in [2.45, 2.75) is 6.04 Å². The molecule has 90 valence electrons. The number of rotatable bonds is 4. The summed E-state index contributed by atoms with van der Waals surface area (Å²) in [5, 5.41) is 0. The van der Waals surface area contributed by atoms with Gasteiger partial charge in [-0.15, -0.1) is 0 Å². The molecule has 0 radical (unpaired) electrons. The third-order valence-corrected chi connectivity index (χ3v) is 3.00. The predicted octanol–water partition coefficient (Wildman–Crippen LogP) is 2.10. The van der Waals surface area contributed by atoms with Gasteiger partial charge in [0.1, 0.15) is 0 Å². The van der Waals surface area contributed by atoms with Crippen molar-refractivity contribution in [1.82, 2.24) is 4.57 Å². The van der Waals surface area contributed by atoms with Gasteiger partial charge in [0.2, 0.25) is 0 Å². The van der Waals surface area contributed by atoms with E-state index in [1.807, 2.05) is 26.2 Å². The molecular formula is C14H19N3. The summed E-state index contributed by atoms with van der Waals surface area (Å²) in [6.07, 6.45) is 4.11. The van der Waals surface area contributed by atoms with E-state index in [9.17, 15) is 0 Å². The summed E-state index contributed by atoms with van der Waals surface area (Å²) in [4.78, 5) is 2.09. The second kappa shape index (κ2) is 5.06. The van der Waals surface area contributed by atoms with Crippen LogP contribution in [0.2, 0.25) is 0 Å². The molecule has 0 fully saturated rings. The minimum atomic E-state index is 0.223. The monoisotopic (exact) mass is 229 g/mol. The Morgan fingerprint density at radius 1 is 1.12 bits per heavy atom. The van der Waals surface area contributed by atoms with Crippen LogP contribution in [0.3, 0.4) is 0 Å². The van der Waals surface area contributed by atoms with Gasteiger partial charge in [0.05, 0.1) is 6.04 Å². The Morgan fingerprint density at radius 3 is 2.18 bits per heavy atom. The lowest BCUT2D eigenvalue weighted by Crippen LogP contribution is -2.19. The molecule has 1 heterocycles. The molecule has 2 N–H and O–H groups in total. The van der Waals surface area contributed by atoms with E-state index in [-0.39, 0.29) is 6.04 Å². The largest absolute Gasteiger partial charge is 0.378 e. The first kappa shape index (κ1) is 11.7. The highest BCUT2D eigenvalue weighted by atomic mass is 15.1. The number of hydrogen-bond donors (Lipinski definition) is 1. The van der Waals surface area contributed by atoms with Crippen LogP contribution in [-0.2, 0) is 0 Å².